The lowest BCUT2D eigenvalue weighted by atomic mass is 9.99. The summed E-state index contributed by atoms with van der Waals surface area (Å²) in [5.74, 6) is 0.837. The Hall–Kier alpha value is -1.94. The quantitative estimate of drug-likeness (QED) is 0.0222. The minimum Gasteiger partial charge on any atom is -0.462 e. The smallest absolute Gasteiger partial charge is 0.462 e. The van der Waals surface area contributed by atoms with Gasteiger partial charge in [0.25, 0.3) is 0 Å². The average molecular weight is 1280 g/mol. The summed E-state index contributed by atoms with van der Waals surface area (Å²) in [5, 5.41) is 10.6. The number of phosphoric ester groups is 2. The van der Waals surface area contributed by atoms with Crippen LogP contribution in [0.4, 0.5) is 0 Å². The van der Waals surface area contributed by atoms with Gasteiger partial charge in [-0.25, -0.2) is 9.13 Å². The van der Waals surface area contributed by atoms with Gasteiger partial charge in [0.2, 0.25) is 0 Å². The van der Waals surface area contributed by atoms with E-state index in [2.05, 4.69) is 55.4 Å². The summed E-state index contributed by atoms with van der Waals surface area (Å²) >= 11 is 0. The molecule has 516 valence electrons. The molecule has 0 radical (unpaired) electrons. The highest BCUT2D eigenvalue weighted by Gasteiger charge is 2.30. The van der Waals surface area contributed by atoms with Gasteiger partial charge in [0.05, 0.1) is 26.4 Å². The highest BCUT2D eigenvalue weighted by Crippen LogP contribution is 2.45. The molecule has 0 saturated heterocycles. The minimum absolute atomic E-state index is 0.103. The van der Waals surface area contributed by atoms with Crippen LogP contribution in [0.3, 0.4) is 0 Å². The zero-order valence-electron chi connectivity index (χ0n) is 56.6. The van der Waals surface area contributed by atoms with Gasteiger partial charge in [-0.05, 0) is 49.4 Å². The summed E-state index contributed by atoms with van der Waals surface area (Å²) in [6.07, 6.45) is 39.0. The van der Waals surface area contributed by atoms with Crippen LogP contribution in [0.5, 0.6) is 0 Å². The van der Waals surface area contributed by atoms with Gasteiger partial charge in [-0.15, -0.1) is 0 Å². The molecule has 0 fully saturated rings. The molecule has 4 unspecified atom stereocenters. The van der Waals surface area contributed by atoms with Gasteiger partial charge >= 0.3 is 39.5 Å². The maximum Gasteiger partial charge on any atom is 0.472 e. The molecule has 0 aromatic rings. The highest BCUT2D eigenvalue weighted by atomic mass is 31.2. The van der Waals surface area contributed by atoms with Crippen molar-refractivity contribution in [1.82, 2.24) is 0 Å². The first-order chi connectivity index (χ1) is 41.6. The second-order valence-electron chi connectivity index (χ2n) is 26.2. The fourth-order valence-electron chi connectivity index (χ4n) is 10.1. The number of aliphatic hydroxyl groups excluding tert-OH is 1. The number of rotatable bonds is 65. The molecule has 0 spiro atoms. The Morgan fingerprint density at radius 2 is 0.552 bits per heavy atom. The number of phosphoric acid groups is 2. The zero-order valence-corrected chi connectivity index (χ0v) is 58.4. The molecule has 0 bridgehead atoms. The summed E-state index contributed by atoms with van der Waals surface area (Å²) in [6.45, 7) is 14.0. The van der Waals surface area contributed by atoms with Gasteiger partial charge in [-0.2, -0.15) is 0 Å². The molecule has 17 nitrogen and oxygen atoms in total. The molecule has 6 atom stereocenters. The van der Waals surface area contributed by atoms with Gasteiger partial charge in [0.1, 0.15) is 19.3 Å². The van der Waals surface area contributed by atoms with Gasteiger partial charge in [-0.3, -0.25) is 37.3 Å². The number of esters is 4. The predicted molar refractivity (Wildman–Crippen MR) is 349 cm³/mol. The molecule has 0 saturated carbocycles. The van der Waals surface area contributed by atoms with Crippen LogP contribution in [0, 0.1) is 23.7 Å². The monoisotopic (exact) mass is 1280 g/mol. The van der Waals surface area contributed by atoms with Crippen LogP contribution in [-0.2, 0) is 65.4 Å². The van der Waals surface area contributed by atoms with Crippen LogP contribution in [0.25, 0.3) is 0 Å². The Balaban J connectivity index is 5.25. The number of carbonyl (C=O) groups is 4. The summed E-state index contributed by atoms with van der Waals surface area (Å²) < 4.78 is 68.2. The number of hydrogen-bond donors (Lipinski definition) is 3. The van der Waals surface area contributed by atoms with Crippen molar-refractivity contribution in [3.05, 3.63) is 0 Å². The lowest BCUT2D eigenvalue weighted by Gasteiger charge is -2.21. The third kappa shape index (κ3) is 61.3. The topological polar surface area (TPSA) is 237 Å². The van der Waals surface area contributed by atoms with E-state index in [1.165, 1.54) is 135 Å². The summed E-state index contributed by atoms with van der Waals surface area (Å²) in [4.78, 5) is 72.4. The van der Waals surface area contributed by atoms with Crippen LogP contribution in [-0.4, -0.2) is 96.7 Å². The number of ether oxygens (including phenoxy) is 4. The van der Waals surface area contributed by atoms with E-state index in [1.54, 1.807) is 0 Å². The molecule has 0 rings (SSSR count). The molecular formula is C68H132O17P2. The fourth-order valence-corrected chi connectivity index (χ4v) is 11.7. The van der Waals surface area contributed by atoms with E-state index >= 15 is 0 Å². The first-order valence-electron chi connectivity index (χ1n) is 35.2. The van der Waals surface area contributed by atoms with Gasteiger partial charge in [0, 0.05) is 25.7 Å². The first-order valence-corrected chi connectivity index (χ1v) is 38.2. The van der Waals surface area contributed by atoms with E-state index in [1.807, 2.05) is 0 Å². The summed E-state index contributed by atoms with van der Waals surface area (Å²) in [6, 6.07) is 0. The zero-order chi connectivity index (χ0) is 64.7. The first kappa shape index (κ1) is 85.1. The Morgan fingerprint density at radius 3 is 0.816 bits per heavy atom. The van der Waals surface area contributed by atoms with Crippen molar-refractivity contribution < 1.29 is 80.2 Å². The molecule has 3 N–H and O–H groups in total. The lowest BCUT2D eigenvalue weighted by Crippen LogP contribution is -2.30. The van der Waals surface area contributed by atoms with Gasteiger partial charge in [-0.1, -0.05) is 280 Å². The van der Waals surface area contributed by atoms with Gasteiger partial charge < -0.3 is 33.8 Å². The van der Waals surface area contributed by atoms with Crippen molar-refractivity contribution in [2.24, 2.45) is 23.7 Å². The molecule has 19 heteroatoms. The summed E-state index contributed by atoms with van der Waals surface area (Å²) in [7, 11) is -9.90. The van der Waals surface area contributed by atoms with E-state index in [0.29, 0.717) is 25.7 Å². The van der Waals surface area contributed by atoms with E-state index in [9.17, 15) is 43.2 Å². The summed E-state index contributed by atoms with van der Waals surface area (Å²) in [5.41, 5.74) is 0. The predicted octanol–water partition coefficient (Wildman–Crippen LogP) is 18.9. The SMILES string of the molecule is CCC(C)CCCCCCCCCCCCC(=O)OC[C@H](COP(=O)(O)OCC(O)COP(=O)(O)OC[C@@H](COC(=O)CCCCCCCCCCC(C)C)OC(=O)CCCCCCCCCCC(C)C)OC(=O)CCCCCCCCCCC(C)C. The van der Waals surface area contributed by atoms with Crippen molar-refractivity contribution >= 4 is 39.5 Å². The van der Waals surface area contributed by atoms with Crippen LogP contribution in [0.15, 0.2) is 0 Å². The van der Waals surface area contributed by atoms with E-state index in [4.69, 9.17) is 37.0 Å². The number of hydrogen-bond acceptors (Lipinski definition) is 15. The Bertz CT molecular complexity index is 1730. The van der Waals surface area contributed by atoms with E-state index < -0.39 is 97.5 Å². The lowest BCUT2D eigenvalue weighted by molar-refractivity contribution is -0.161. The standard InChI is InChI=1S/C68H132O17P2/c1-9-61(8)47-39-31-23-12-10-11-13-24-32-40-48-65(70)78-54-63(84-67(72)50-42-34-26-18-15-21-29-37-45-59(4)5)56-82-86(74,75)80-52-62(69)53-81-87(76,77)83-57-64(85-68(73)51-43-35-27-19-16-22-30-38-46-60(6)7)55-79-66(71)49-41-33-25-17-14-20-28-36-44-58(2)3/h58-64,69H,9-57H2,1-8H3,(H,74,75)(H,76,77)/t61?,62?,63-,64-/m1/s1. The van der Waals surface area contributed by atoms with Crippen molar-refractivity contribution in [2.45, 2.75) is 350 Å². The molecular weight excluding hydrogens is 1150 g/mol. The number of unbranched alkanes of at least 4 members (excludes halogenated alkanes) is 30. The van der Waals surface area contributed by atoms with E-state index in [-0.39, 0.29) is 25.7 Å². The Kier molecular flexibility index (Phi) is 56.6. The average Bonchev–Trinajstić information content (AvgIpc) is 3.47. The van der Waals surface area contributed by atoms with Gasteiger partial charge in [0.15, 0.2) is 12.2 Å². The molecule has 87 heavy (non-hydrogen) atoms. The molecule has 0 aliphatic carbocycles. The molecule has 0 aliphatic rings. The Morgan fingerprint density at radius 1 is 0.322 bits per heavy atom. The third-order valence-corrected chi connectivity index (χ3v) is 17.8. The van der Waals surface area contributed by atoms with Crippen molar-refractivity contribution in [2.75, 3.05) is 39.6 Å². The molecule has 0 amide bonds. The van der Waals surface area contributed by atoms with Crippen LogP contribution >= 0.6 is 15.6 Å². The molecule has 0 aromatic heterocycles. The Labute approximate surface area is 530 Å². The molecule has 0 aromatic carbocycles. The van der Waals surface area contributed by atoms with Crippen LogP contribution in [0.2, 0.25) is 0 Å². The minimum atomic E-state index is -4.95. The number of aliphatic hydroxyl groups is 1. The maximum atomic E-state index is 13.0. The maximum absolute atomic E-state index is 13.0. The van der Waals surface area contributed by atoms with E-state index in [0.717, 1.165) is 114 Å². The second kappa shape index (κ2) is 57.9. The number of carbonyl (C=O) groups excluding carboxylic acids is 4. The van der Waals surface area contributed by atoms with Crippen LogP contribution in [0.1, 0.15) is 331 Å². The molecule has 0 aliphatic heterocycles. The largest absolute Gasteiger partial charge is 0.472 e. The third-order valence-electron chi connectivity index (χ3n) is 15.9. The highest BCUT2D eigenvalue weighted by molar-refractivity contribution is 7.47. The van der Waals surface area contributed by atoms with Crippen molar-refractivity contribution in [3.63, 3.8) is 0 Å². The molecule has 0 heterocycles. The van der Waals surface area contributed by atoms with Crippen molar-refractivity contribution in [3.8, 4) is 0 Å². The second-order valence-corrected chi connectivity index (χ2v) is 29.1. The normalized spacial score (nSPS) is 14.6. The van der Waals surface area contributed by atoms with Crippen molar-refractivity contribution in [1.29, 1.82) is 0 Å². The fraction of sp³-hybridized carbons (Fsp3) is 0.941. The van der Waals surface area contributed by atoms with Crippen LogP contribution < -0.4 is 0 Å².